The van der Waals surface area contributed by atoms with Gasteiger partial charge in [-0.15, -0.1) is 0 Å². The van der Waals surface area contributed by atoms with Crippen LogP contribution in [0.1, 0.15) is 44.9 Å². The summed E-state index contributed by atoms with van der Waals surface area (Å²) in [6.07, 6.45) is 1.65. The fourth-order valence-corrected chi connectivity index (χ4v) is 5.70. The first-order chi connectivity index (χ1) is 18.2. The fraction of sp³-hybridized carbons (Fsp3) is 0.286. The highest BCUT2D eigenvalue weighted by Crippen LogP contribution is 2.36. The number of nitrogens with zero attached hydrogens (tertiary/aromatic N) is 3. The Morgan fingerprint density at radius 1 is 1.26 bits per heavy atom. The van der Waals surface area contributed by atoms with E-state index in [0.29, 0.717) is 42.1 Å². The lowest BCUT2D eigenvalue weighted by atomic mass is 9.95. The number of rotatable bonds is 8. The fourth-order valence-electron chi connectivity index (χ4n) is 4.14. The Morgan fingerprint density at radius 2 is 2.03 bits per heavy atom. The largest absolute Gasteiger partial charge is 0.491 e. The van der Waals surface area contributed by atoms with E-state index in [4.69, 9.17) is 19.5 Å². The molecule has 38 heavy (non-hydrogen) atoms. The van der Waals surface area contributed by atoms with Crippen molar-refractivity contribution in [3.8, 4) is 17.6 Å². The number of para-hydroxylation sites is 1. The molecule has 8 nitrogen and oxygen atoms in total. The second-order valence-corrected chi connectivity index (χ2v) is 10.5. The number of benzene rings is 2. The van der Waals surface area contributed by atoms with E-state index < -0.39 is 12.0 Å². The van der Waals surface area contributed by atoms with Crippen LogP contribution in [0, 0.1) is 11.3 Å². The third-order valence-corrected chi connectivity index (χ3v) is 7.24. The van der Waals surface area contributed by atoms with Crippen molar-refractivity contribution < 1.29 is 19.0 Å². The minimum Gasteiger partial charge on any atom is -0.491 e. The molecule has 1 aromatic heterocycles. The summed E-state index contributed by atoms with van der Waals surface area (Å²) in [7, 11) is 0. The zero-order valence-corrected chi connectivity index (χ0v) is 23.8. The van der Waals surface area contributed by atoms with Gasteiger partial charge in [0, 0.05) is 5.56 Å². The number of carbonyl (C=O) groups is 1. The van der Waals surface area contributed by atoms with E-state index in [0.717, 1.165) is 5.56 Å². The van der Waals surface area contributed by atoms with Gasteiger partial charge in [0.15, 0.2) is 11.4 Å². The summed E-state index contributed by atoms with van der Waals surface area (Å²) in [5.74, 6) is 0.585. The molecule has 0 saturated heterocycles. The van der Waals surface area contributed by atoms with Gasteiger partial charge in [-0.3, -0.25) is 9.36 Å². The molecule has 0 unspecified atom stereocenters. The summed E-state index contributed by atoms with van der Waals surface area (Å²) < 4.78 is 19.5. The Labute approximate surface area is 232 Å². The van der Waals surface area contributed by atoms with Crippen LogP contribution in [0.5, 0.6) is 11.5 Å². The van der Waals surface area contributed by atoms with Gasteiger partial charge in [0.1, 0.15) is 23.6 Å². The van der Waals surface area contributed by atoms with E-state index in [1.54, 1.807) is 32.1 Å². The van der Waals surface area contributed by atoms with Gasteiger partial charge in [0.2, 0.25) is 0 Å². The Balaban J connectivity index is 1.91. The van der Waals surface area contributed by atoms with Crippen LogP contribution in [0.4, 0.5) is 0 Å². The standard InChI is InChI=1S/C28H26BrN3O5S/c1-5-35-27(34)24-17(4)31-28-32(25(24)19-8-6-7-9-21(19)37-16(2)3)26(33)23(38-28)15-18-10-11-22(20(29)14-18)36-13-12-30/h6-11,14-16,25H,5,13H2,1-4H3/b23-15+/t25-/m0/s1. The van der Waals surface area contributed by atoms with E-state index in [1.807, 2.05) is 50.2 Å². The number of hydrogen-bond donors (Lipinski definition) is 0. The van der Waals surface area contributed by atoms with Gasteiger partial charge in [-0.2, -0.15) is 5.26 Å². The number of nitriles is 1. The van der Waals surface area contributed by atoms with Crippen molar-refractivity contribution in [2.75, 3.05) is 13.2 Å². The van der Waals surface area contributed by atoms with Crippen LogP contribution in [-0.2, 0) is 9.53 Å². The van der Waals surface area contributed by atoms with Crippen LogP contribution in [-0.4, -0.2) is 29.9 Å². The highest BCUT2D eigenvalue weighted by atomic mass is 79.9. The smallest absolute Gasteiger partial charge is 0.338 e. The third-order valence-electron chi connectivity index (χ3n) is 5.64. The SMILES string of the molecule is CCOC(=O)C1=C(C)N=c2s/c(=C/c3ccc(OCC#N)c(Br)c3)c(=O)n2[C@H]1c1ccccc1OC(C)C. The number of thiazole rings is 1. The van der Waals surface area contributed by atoms with Crippen molar-refractivity contribution in [2.45, 2.75) is 39.8 Å². The van der Waals surface area contributed by atoms with Crippen LogP contribution < -0.4 is 24.4 Å². The van der Waals surface area contributed by atoms with Crippen molar-refractivity contribution in [1.82, 2.24) is 4.57 Å². The van der Waals surface area contributed by atoms with Crippen molar-refractivity contribution in [2.24, 2.45) is 4.99 Å². The molecule has 2 heterocycles. The molecule has 10 heteroatoms. The van der Waals surface area contributed by atoms with Crippen LogP contribution in [0.2, 0.25) is 0 Å². The van der Waals surface area contributed by atoms with Crippen LogP contribution >= 0.6 is 27.3 Å². The van der Waals surface area contributed by atoms with Gasteiger partial charge in [0.25, 0.3) is 5.56 Å². The molecule has 0 spiro atoms. The molecule has 0 aliphatic carbocycles. The zero-order valence-electron chi connectivity index (χ0n) is 21.4. The van der Waals surface area contributed by atoms with E-state index in [1.165, 1.54) is 15.9 Å². The summed E-state index contributed by atoms with van der Waals surface area (Å²) in [6.45, 7) is 7.46. The summed E-state index contributed by atoms with van der Waals surface area (Å²) >= 11 is 4.70. The first-order valence-electron chi connectivity index (χ1n) is 12.0. The number of halogens is 1. The van der Waals surface area contributed by atoms with E-state index in [-0.39, 0.29) is 24.9 Å². The second kappa shape index (κ2) is 11.8. The monoisotopic (exact) mass is 595 g/mol. The van der Waals surface area contributed by atoms with Gasteiger partial charge in [-0.05, 0) is 73.5 Å². The van der Waals surface area contributed by atoms with Gasteiger partial charge >= 0.3 is 5.97 Å². The molecule has 4 rings (SSSR count). The Bertz CT molecular complexity index is 1630. The molecular formula is C28H26BrN3O5S. The maximum absolute atomic E-state index is 13.9. The van der Waals surface area contributed by atoms with Gasteiger partial charge < -0.3 is 14.2 Å². The van der Waals surface area contributed by atoms with Crippen molar-refractivity contribution in [3.63, 3.8) is 0 Å². The van der Waals surface area contributed by atoms with E-state index in [9.17, 15) is 9.59 Å². The number of carbonyl (C=O) groups excluding carboxylic acids is 1. The predicted octanol–water partition coefficient (Wildman–Crippen LogP) is 4.25. The van der Waals surface area contributed by atoms with Gasteiger partial charge in [-0.1, -0.05) is 35.6 Å². The quantitative estimate of drug-likeness (QED) is 0.361. The Kier molecular flexibility index (Phi) is 8.49. The molecule has 1 aliphatic heterocycles. The summed E-state index contributed by atoms with van der Waals surface area (Å²) in [6, 6.07) is 13.9. The van der Waals surface area contributed by atoms with Crippen molar-refractivity contribution >= 4 is 39.3 Å². The third kappa shape index (κ3) is 5.59. The highest BCUT2D eigenvalue weighted by molar-refractivity contribution is 9.10. The van der Waals surface area contributed by atoms with E-state index in [2.05, 4.69) is 20.9 Å². The molecule has 0 radical (unpaired) electrons. The van der Waals surface area contributed by atoms with E-state index >= 15 is 0 Å². The highest BCUT2D eigenvalue weighted by Gasteiger charge is 2.35. The molecule has 196 valence electrons. The van der Waals surface area contributed by atoms with Crippen LogP contribution in [0.15, 0.2) is 68.0 Å². The Hall–Kier alpha value is -3.68. The maximum atomic E-state index is 13.9. The summed E-state index contributed by atoms with van der Waals surface area (Å²) in [5.41, 5.74) is 1.93. The molecule has 1 atom stereocenters. The number of allylic oxidation sites excluding steroid dienone is 1. The minimum absolute atomic E-state index is 0.0688. The minimum atomic E-state index is -0.768. The molecule has 0 saturated carbocycles. The molecule has 1 aliphatic rings. The Morgan fingerprint density at radius 3 is 2.71 bits per heavy atom. The molecule has 3 aromatic rings. The summed E-state index contributed by atoms with van der Waals surface area (Å²) in [4.78, 5) is 32.1. The molecular weight excluding hydrogens is 570 g/mol. The lowest BCUT2D eigenvalue weighted by Crippen LogP contribution is -2.40. The number of ether oxygens (including phenoxy) is 3. The first-order valence-corrected chi connectivity index (χ1v) is 13.6. The lowest BCUT2D eigenvalue weighted by Gasteiger charge is -2.26. The first kappa shape index (κ1) is 27.4. The van der Waals surface area contributed by atoms with Crippen LogP contribution in [0.25, 0.3) is 6.08 Å². The molecule has 0 fully saturated rings. The zero-order chi connectivity index (χ0) is 27.4. The van der Waals surface area contributed by atoms with Crippen LogP contribution in [0.3, 0.4) is 0 Å². The number of aromatic nitrogens is 1. The normalized spacial score (nSPS) is 15.1. The molecule has 2 aromatic carbocycles. The van der Waals surface area contributed by atoms with Gasteiger partial charge in [0.05, 0.1) is 33.0 Å². The number of fused-ring (bicyclic) bond motifs is 1. The van der Waals surface area contributed by atoms with Crippen molar-refractivity contribution in [1.29, 1.82) is 5.26 Å². The average molecular weight is 597 g/mol. The maximum Gasteiger partial charge on any atom is 0.338 e. The second-order valence-electron chi connectivity index (χ2n) is 8.64. The molecule has 0 N–H and O–H groups in total. The molecule has 0 bridgehead atoms. The number of hydrogen-bond acceptors (Lipinski definition) is 8. The molecule has 0 amide bonds. The van der Waals surface area contributed by atoms with Gasteiger partial charge in [-0.25, -0.2) is 9.79 Å². The topological polar surface area (TPSA) is 103 Å². The summed E-state index contributed by atoms with van der Waals surface area (Å²) in [5, 5.41) is 8.76. The predicted molar refractivity (Wildman–Crippen MR) is 148 cm³/mol. The van der Waals surface area contributed by atoms with Crippen molar-refractivity contribution in [3.05, 3.63) is 89.0 Å². The lowest BCUT2D eigenvalue weighted by molar-refractivity contribution is -0.139. The number of esters is 1. The average Bonchev–Trinajstić information content (AvgIpc) is 3.17.